The third kappa shape index (κ3) is 4.56. The van der Waals surface area contributed by atoms with Crippen molar-refractivity contribution >= 4 is 29.1 Å². The summed E-state index contributed by atoms with van der Waals surface area (Å²) in [6.07, 6.45) is 0.511. The molecule has 1 unspecified atom stereocenters. The first-order chi connectivity index (χ1) is 13.0. The van der Waals surface area contributed by atoms with E-state index in [9.17, 15) is 9.70 Å². The molecule has 0 bridgehead atoms. The van der Waals surface area contributed by atoms with E-state index in [0.717, 1.165) is 11.3 Å². The maximum Gasteiger partial charge on any atom is 0.271 e. The molecule has 1 amide bonds. The lowest BCUT2D eigenvalue weighted by molar-refractivity contribution is 0.0948. The highest BCUT2D eigenvalue weighted by atomic mass is 35.5. The van der Waals surface area contributed by atoms with Gasteiger partial charge in [-0.15, -0.1) is 0 Å². The van der Waals surface area contributed by atoms with Crippen LogP contribution in [0.25, 0.3) is 11.3 Å². The van der Waals surface area contributed by atoms with Crippen molar-refractivity contribution in [1.29, 1.82) is 0 Å². The van der Waals surface area contributed by atoms with Crippen molar-refractivity contribution in [2.45, 2.75) is 19.4 Å². The average Bonchev–Trinajstić information content (AvgIpc) is 3.33. The Morgan fingerprint density at radius 3 is 2.81 bits per heavy atom. The van der Waals surface area contributed by atoms with E-state index < -0.39 is 6.04 Å². The second-order valence-corrected chi connectivity index (χ2v) is 6.71. The number of aromatic nitrogens is 2. The number of rotatable bonds is 7. The maximum atomic E-state index is 12.1. The van der Waals surface area contributed by atoms with Crippen molar-refractivity contribution in [3.8, 4) is 11.3 Å². The number of halogens is 2. The van der Waals surface area contributed by atoms with Gasteiger partial charge >= 0.3 is 0 Å². The number of carbonyl (C=O) groups excluding carboxylic acids is 1. The second-order valence-electron chi connectivity index (χ2n) is 5.89. The van der Waals surface area contributed by atoms with E-state index in [1.54, 1.807) is 19.1 Å². The summed E-state index contributed by atoms with van der Waals surface area (Å²) in [4.78, 5) is 22.6. The predicted octanol–water partition coefficient (Wildman–Crippen LogP) is 4.78. The van der Waals surface area contributed by atoms with Crippen LogP contribution in [-0.2, 0) is 6.42 Å². The average molecular weight is 407 g/mol. The molecule has 0 aliphatic carbocycles. The summed E-state index contributed by atoms with van der Waals surface area (Å²) in [5.74, 6) is 1.05. The molecule has 0 fully saturated rings. The minimum atomic E-state index is -0.582. The molecular weight excluding hydrogens is 391 g/mol. The zero-order valence-corrected chi connectivity index (χ0v) is 15.8. The van der Waals surface area contributed by atoms with Crippen LogP contribution in [0, 0.1) is 4.91 Å². The molecule has 1 aromatic carbocycles. The molecule has 0 saturated carbocycles. The molecule has 1 atom stereocenters. The number of amides is 1. The lowest BCUT2D eigenvalue weighted by Gasteiger charge is -2.02. The molecular formula is C18H16Cl2N4O3. The number of aromatic amines is 1. The Balaban J connectivity index is 1.55. The highest BCUT2D eigenvalue weighted by Crippen LogP contribution is 2.29. The molecule has 0 aliphatic heterocycles. The van der Waals surface area contributed by atoms with Crippen LogP contribution in [0.5, 0.6) is 0 Å². The van der Waals surface area contributed by atoms with Gasteiger partial charge in [0.15, 0.2) is 0 Å². The summed E-state index contributed by atoms with van der Waals surface area (Å²) >= 11 is 11.9. The predicted molar refractivity (Wildman–Crippen MR) is 103 cm³/mol. The van der Waals surface area contributed by atoms with E-state index in [1.165, 1.54) is 6.07 Å². The summed E-state index contributed by atoms with van der Waals surface area (Å²) in [6, 6.07) is 9.87. The van der Waals surface area contributed by atoms with Crippen molar-refractivity contribution in [2.75, 3.05) is 6.54 Å². The lowest BCUT2D eigenvalue weighted by Crippen LogP contribution is -2.25. The van der Waals surface area contributed by atoms with E-state index in [2.05, 4.69) is 20.7 Å². The van der Waals surface area contributed by atoms with Crippen LogP contribution in [0.3, 0.4) is 0 Å². The smallest absolute Gasteiger partial charge is 0.271 e. The fourth-order valence-electron chi connectivity index (χ4n) is 2.43. The van der Waals surface area contributed by atoms with E-state index in [1.807, 2.05) is 18.2 Å². The van der Waals surface area contributed by atoms with Gasteiger partial charge in [-0.2, -0.15) is 10.0 Å². The molecule has 2 aromatic heterocycles. The van der Waals surface area contributed by atoms with Gasteiger partial charge in [-0.25, -0.2) is 0 Å². The molecule has 140 valence electrons. The van der Waals surface area contributed by atoms with Crippen LogP contribution < -0.4 is 5.32 Å². The van der Waals surface area contributed by atoms with E-state index >= 15 is 0 Å². The number of hydrogen-bond acceptors (Lipinski definition) is 5. The molecule has 27 heavy (non-hydrogen) atoms. The van der Waals surface area contributed by atoms with E-state index in [-0.39, 0.29) is 11.6 Å². The third-order valence-electron chi connectivity index (χ3n) is 3.96. The molecule has 0 aliphatic rings. The normalized spacial score (nSPS) is 12.0. The molecule has 0 radical (unpaired) electrons. The molecule has 7 nitrogen and oxygen atoms in total. The van der Waals surface area contributed by atoms with Crippen LogP contribution in [0.1, 0.15) is 34.9 Å². The number of nitrogens with zero attached hydrogens (tertiary/aromatic N) is 2. The molecule has 2 heterocycles. The Morgan fingerprint density at radius 1 is 1.26 bits per heavy atom. The number of nitroso groups, excluding NO2 is 1. The monoisotopic (exact) mass is 406 g/mol. The standard InChI is InChI=1S/C18H16Cl2N4O3/c1-10(24-26)15-9-16(23-22-15)18(25)21-7-6-12-3-5-17(27-12)11-2-4-13(19)14(20)8-11/h2-5,8-10H,6-7H2,1H3,(H,21,25)(H,22,23). The highest BCUT2D eigenvalue weighted by Gasteiger charge is 2.14. The third-order valence-corrected chi connectivity index (χ3v) is 4.70. The summed E-state index contributed by atoms with van der Waals surface area (Å²) < 4.78 is 5.78. The summed E-state index contributed by atoms with van der Waals surface area (Å²) in [7, 11) is 0. The quantitative estimate of drug-likeness (QED) is 0.551. The van der Waals surface area contributed by atoms with Crippen LogP contribution in [0.4, 0.5) is 0 Å². The topological polar surface area (TPSA) is 100 Å². The van der Waals surface area contributed by atoms with Crippen molar-refractivity contribution < 1.29 is 9.21 Å². The molecule has 0 saturated heterocycles. The lowest BCUT2D eigenvalue weighted by atomic mass is 10.2. The molecule has 2 N–H and O–H groups in total. The Kier molecular flexibility index (Phi) is 5.93. The van der Waals surface area contributed by atoms with Crippen molar-refractivity contribution in [2.24, 2.45) is 5.18 Å². The highest BCUT2D eigenvalue weighted by molar-refractivity contribution is 6.42. The minimum absolute atomic E-state index is 0.205. The van der Waals surface area contributed by atoms with Crippen LogP contribution >= 0.6 is 23.2 Å². The number of benzene rings is 1. The number of carbonyl (C=O) groups is 1. The first-order valence-electron chi connectivity index (χ1n) is 8.18. The zero-order chi connectivity index (χ0) is 19.4. The van der Waals surface area contributed by atoms with Gasteiger partial charge in [0, 0.05) is 18.5 Å². The Labute approximate surface area is 165 Å². The largest absolute Gasteiger partial charge is 0.461 e. The number of furan rings is 1. The first kappa shape index (κ1) is 19.1. The van der Waals surface area contributed by atoms with Gasteiger partial charge in [0.1, 0.15) is 23.3 Å². The van der Waals surface area contributed by atoms with Gasteiger partial charge in [-0.3, -0.25) is 9.89 Å². The minimum Gasteiger partial charge on any atom is -0.461 e. The van der Waals surface area contributed by atoms with Gasteiger partial charge < -0.3 is 9.73 Å². The summed E-state index contributed by atoms with van der Waals surface area (Å²) in [5.41, 5.74) is 1.52. The molecule has 0 spiro atoms. The Hall–Kier alpha value is -2.64. The van der Waals surface area contributed by atoms with Crippen LogP contribution in [-0.4, -0.2) is 22.6 Å². The van der Waals surface area contributed by atoms with Crippen LogP contribution in [0.15, 0.2) is 46.0 Å². The summed E-state index contributed by atoms with van der Waals surface area (Å²) in [5, 5.41) is 13.1. The number of H-pyrrole nitrogens is 1. The summed E-state index contributed by atoms with van der Waals surface area (Å²) in [6.45, 7) is 1.99. The Morgan fingerprint density at radius 2 is 2.07 bits per heavy atom. The van der Waals surface area contributed by atoms with Gasteiger partial charge in [-0.05, 0) is 43.3 Å². The van der Waals surface area contributed by atoms with Gasteiger partial charge in [-0.1, -0.05) is 28.4 Å². The van der Waals surface area contributed by atoms with Crippen molar-refractivity contribution in [1.82, 2.24) is 15.5 Å². The van der Waals surface area contributed by atoms with E-state index in [0.29, 0.717) is 34.5 Å². The fraction of sp³-hybridized carbons (Fsp3) is 0.222. The number of hydrogen-bond donors (Lipinski definition) is 2. The maximum absolute atomic E-state index is 12.1. The van der Waals surface area contributed by atoms with Crippen molar-refractivity contribution in [3.63, 3.8) is 0 Å². The fourth-order valence-corrected chi connectivity index (χ4v) is 2.73. The van der Waals surface area contributed by atoms with Crippen molar-refractivity contribution in [3.05, 3.63) is 68.5 Å². The van der Waals surface area contributed by atoms with Gasteiger partial charge in [0.2, 0.25) is 0 Å². The molecule has 3 aromatic rings. The SMILES string of the molecule is CC(N=O)c1cc(C(=O)NCCc2ccc(-c3ccc(Cl)c(Cl)c3)o2)n[nH]1. The van der Waals surface area contributed by atoms with Gasteiger partial charge in [0.05, 0.1) is 15.7 Å². The van der Waals surface area contributed by atoms with Crippen LogP contribution in [0.2, 0.25) is 10.0 Å². The van der Waals surface area contributed by atoms with E-state index in [4.69, 9.17) is 27.6 Å². The Bertz CT molecular complexity index is 967. The first-order valence-corrected chi connectivity index (χ1v) is 8.93. The number of nitrogens with one attached hydrogen (secondary N) is 2. The molecule has 9 heteroatoms. The molecule has 3 rings (SSSR count). The zero-order valence-electron chi connectivity index (χ0n) is 14.3. The van der Waals surface area contributed by atoms with Gasteiger partial charge in [0.25, 0.3) is 5.91 Å². The second kappa shape index (κ2) is 8.37.